The van der Waals surface area contributed by atoms with Crippen LogP contribution < -0.4 is 14.8 Å². The Morgan fingerprint density at radius 3 is 2.16 bits per heavy atom. The van der Waals surface area contributed by atoms with E-state index in [1.807, 2.05) is 42.5 Å². The molecular formula is C25H26N2O4. The number of hydrogen-bond acceptors (Lipinski definition) is 4. The monoisotopic (exact) mass is 418 g/mol. The molecule has 1 heterocycles. The molecule has 1 aliphatic heterocycles. The van der Waals surface area contributed by atoms with Gasteiger partial charge in [-0.05, 0) is 41.8 Å². The van der Waals surface area contributed by atoms with Crippen LogP contribution in [-0.4, -0.2) is 50.1 Å². The molecule has 4 rings (SSSR count). The molecule has 2 amide bonds. The SMILES string of the molecule is COc1cccc(OC)c1C(=O)N1CCC(NC(=O)c2cccc3ccccc23)CC1. The van der Waals surface area contributed by atoms with E-state index < -0.39 is 0 Å². The smallest absolute Gasteiger partial charge is 0.261 e. The summed E-state index contributed by atoms with van der Waals surface area (Å²) in [6.45, 7) is 1.11. The number of fused-ring (bicyclic) bond motifs is 1. The van der Waals surface area contributed by atoms with Gasteiger partial charge in [0.15, 0.2) is 0 Å². The Balaban J connectivity index is 1.42. The number of carbonyl (C=O) groups excluding carboxylic acids is 2. The Bertz CT molecular complexity index is 1080. The van der Waals surface area contributed by atoms with Crippen molar-refractivity contribution in [3.05, 3.63) is 71.8 Å². The molecule has 0 radical (unpaired) electrons. The highest BCUT2D eigenvalue weighted by Crippen LogP contribution is 2.30. The Morgan fingerprint density at radius 1 is 0.871 bits per heavy atom. The minimum Gasteiger partial charge on any atom is -0.496 e. The summed E-state index contributed by atoms with van der Waals surface area (Å²) in [6.07, 6.45) is 1.39. The fourth-order valence-electron chi connectivity index (χ4n) is 4.13. The van der Waals surface area contributed by atoms with Gasteiger partial charge < -0.3 is 19.7 Å². The van der Waals surface area contributed by atoms with Crippen LogP contribution in [0.3, 0.4) is 0 Å². The van der Waals surface area contributed by atoms with E-state index >= 15 is 0 Å². The van der Waals surface area contributed by atoms with Gasteiger partial charge in [0.1, 0.15) is 17.1 Å². The van der Waals surface area contributed by atoms with E-state index in [-0.39, 0.29) is 17.9 Å². The van der Waals surface area contributed by atoms with Crippen molar-refractivity contribution in [2.75, 3.05) is 27.3 Å². The van der Waals surface area contributed by atoms with Crippen molar-refractivity contribution >= 4 is 22.6 Å². The molecule has 1 saturated heterocycles. The molecule has 160 valence electrons. The maximum absolute atomic E-state index is 13.1. The quantitative estimate of drug-likeness (QED) is 0.683. The highest BCUT2D eigenvalue weighted by atomic mass is 16.5. The number of benzene rings is 3. The van der Waals surface area contributed by atoms with Crippen molar-refractivity contribution in [1.29, 1.82) is 0 Å². The molecule has 1 N–H and O–H groups in total. The van der Waals surface area contributed by atoms with Crippen LogP contribution in [0.1, 0.15) is 33.6 Å². The number of carbonyl (C=O) groups is 2. The largest absolute Gasteiger partial charge is 0.496 e. The third-order valence-electron chi connectivity index (χ3n) is 5.79. The summed E-state index contributed by atoms with van der Waals surface area (Å²) in [5, 5.41) is 5.13. The summed E-state index contributed by atoms with van der Waals surface area (Å²) in [5.74, 6) is 0.799. The number of amides is 2. The lowest BCUT2D eigenvalue weighted by Crippen LogP contribution is -2.46. The standard InChI is InChI=1S/C25H26N2O4/c1-30-21-11-6-12-22(31-2)23(21)25(29)27-15-13-18(14-16-27)26-24(28)20-10-5-8-17-7-3-4-9-19(17)20/h3-12,18H,13-16H2,1-2H3,(H,26,28). The lowest BCUT2D eigenvalue weighted by molar-refractivity contribution is 0.0691. The lowest BCUT2D eigenvalue weighted by Gasteiger charge is -2.33. The van der Waals surface area contributed by atoms with Gasteiger partial charge in [0.25, 0.3) is 11.8 Å². The average molecular weight is 418 g/mol. The minimum atomic E-state index is -0.117. The number of methoxy groups -OCH3 is 2. The van der Waals surface area contributed by atoms with Crippen LogP contribution in [0, 0.1) is 0 Å². The summed E-state index contributed by atoms with van der Waals surface area (Å²) in [7, 11) is 3.08. The van der Waals surface area contributed by atoms with Crippen LogP contribution in [0.15, 0.2) is 60.7 Å². The summed E-state index contributed by atoms with van der Waals surface area (Å²) in [6, 6.07) is 19.0. The van der Waals surface area contributed by atoms with Crippen molar-refractivity contribution in [3.63, 3.8) is 0 Å². The van der Waals surface area contributed by atoms with Gasteiger partial charge >= 0.3 is 0 Å². The second kappa shape index (κ2) is 9.08. The summed E-state index contributed by atoms with van der Waals surface area (Å²) >= 11 is 0. The first-order valence-corrected chi connectivity index (χ1v) is 10.4. The number of piperidine rings is 1. The van der Waals surface area contributed by atoms with Crippen molar-refractivity contribution in [3.8, 4) is 11.5 Å². The number of nitrogens with one attached hydrogen (secondary N) is 1. The Hall–Kier alpha value is -3.54. The van der Waals surface area contributed by atoms with Crippen LogP contribution in [0.25, 0.3) is 10.8 Å². The second-order valence-corrected chi connectivity index (χ2v) is 7.60. The predicted octanol–water partition coefficient (Wildman–Crippen LogP) is 3.89. The van der Waals surface area contributed by atoms with Crippen LogP contribution in [0.5, 0.6) is 11.5 Å². The van der Waals surface area contributed by atoms with E-state index in [1.54, 1.807) is 37.3 Å². The van der Waals surface area contributed by atoms with Crippen LogP contribution in [0.2, 0.25) is 0 Å². The second-order valence-electron chi connectivity index (χ2n) is 7.60. The Morgan fingerprint density at radius 2 is 1.48 bits per heavy atom. The van der Waals surface area contributed by atoms with Gasteiger partial charge in [0.2, 0.25) is 0 Å². The normalized spacial score (nSPS) is 14.3. The van der Waals surface area contributed by atoms with Gasteiger partial charge in [0, 0.05) is 24.7 Å². The van der Waals surface area contributed by atoms with Crippen molar-refractivity contribution in [2.45, 2.75) is 18.9 Å². The van der Waals surface area contributed by atoms with Crippen LogP contribution >= 0.6 is 0 Å². The zero-order valence-corrected chi connectivity index (χ0v) is 17.8. The first-order chi connectivity index (χ1) is 15.1. The maximum Gasteiger partial charge on any atom is 0.261 e. The molecule has 0 aromatic heterocycles. The molecule has 6 heteroatoms. The van der Waals surface area contributed by atoms with Gasteiger partial charge in [-0.1, -0.05) is 42.5 Å². The Kier molecular flexibility index (Phi) is 6.07. The molecule has 6 nitrogen and oxygen atoms in total. The molecular weight excluding hydrogens is 392 g/mol. The van der Waals surface area contributed by atoms with Crippen molar-refractivity contribution < 1.29 is 19.1 Å². The van der Waals surface area contributed by atoms with Crippen LogP contribution in [-0.2, 0) is 0 Å². The Labute approximate surface area is 181 Å². The van der Waals surface area contributed by atoms with E-state index in [9.17, 15) is 9.59 Å². The van der Waals surface area contributed by atoms with Crippen molar-refractivity contribution in [1.82, 2.24) is 10.2 Å². The topological polar surface area (TPSA) is 67.9 Å². The molecule has 31 heavy (non-hydrogen) atoms. The molecule has 0 atom stereocenters. The van der Waals surface area contributed by atoms with Crippen molar-refractivity contribution in [2.24, 2.45) is 0 Å². The number of nitrogens with zero attached hydrogens (tertiary/aromatic N) is 1. The van der Waals surface area contributed by atoms with Gasteiger partial charge in [-0.15, -0.1) is 0 Å². The fraction of sp³-hybridized carbons (Fsp3) is 0.280. The van der Waals surface area contributed by atoms with E-state index in [0.717, 1.165) is 10.8 Å². The van der Waals surface area contributed by atoms with E-state index in [4.69, 9.17) is 9.47 Å². The van der Waals surface area contributed by atoms with E-state index in [0.29, 0.717) is 48.6 Å². The predicted molar refractivity (Wildman–Crippen MR) is 120 cm³/mol. The third-order valence-corrected chi connectivity index (χ3v) is 5.79. The van der Waals surface area contributed by atoms with Gasteiger partial charge in [-0.25, -0.2) is 0 Å². The molecule has 0 spiro atoms. The summed E-state index contributed by atoms with van der Waals surface area (Å²) in [4.78, 5) is 27.8. The third kappa shape index (κ3) is 4.19. The minimum absolute atomic E-state index is 0.0232. The lowest BCUT2D eigenvalue weighted by atomic mass is 10.0. The van der Waals surface area contributed by atoms with Gasteiger partial charge in [-0.2, -0.15) is 0 Å². The van der Waals surface area contributed by atoms with Gasteiger partial charge in [0.05, 0.1) is 14.2 Å². The molecule has 1 aliphatic rings. The summed E-state index contributed by atoms with van der Waals surface area (Å²) in [5.41, 5.74) is 1.11. The molecule has 0 unspecified atom stereocenters. The number of rotatable bonds is 5. The van der Waals surface area contributed by atoms with E-state index in [1.165, 1.54) is 0 Å². The fourth-order valence-corrected chi connectivity index (χ4v) is 4.13. The van der Waals surface area contributed by atoms with Crippen LogP contribution in [0.4, 0.5) is 0 Å². The molecule has 0 aliphatic carbocycles. The highest BCUT2D eigenvalue weighted by Gasteiger charge is 2.28. The van der Waals surface area contributed by atoms with E-state index in [2.05, 4.69) is 5.32 Å². The number of likely N-dealkylation sites (tertiary alicyclic amines) is 1. The average Bonchev–Trinajstić information content (AvgIpc) is 2.83. The highest BCUT2D eigenvalue weighted by molar-refractivity contribution is 6.07. The van der Waals surface area contributed by atoms with Gasteiger partial charge in [-0.3, -0.25) is 9.59 Å². The molecule has 1 fully saturated rings. The maximum atomic E-state index is 13.1. The zero-order valence-electron chi connectivity index (χ0n) is 17.8. The zero-order chi connectivity index (χ0) is 21.8. The summed E-state index contributed by atoms with van der Waals surface area (Å²) < 4.78 is 10.7. The first kappa shape index (κ1) is 20.7. The number of hydrogen-bond donors (Lipinski definition) is 1. The number of ether oxygens (including phenoxy) is 2. The molecule has 0 saturated carbocycles. The first-order valence-electron chi connectivity index (χ1n) is 10.4. The molecule has 3 aromatic rings. The molecule has 3 aromatic carbocycles. The molecule has 0 bridgehead atoms.